The predicted molar refractivity (Wildman–Crippen MR) is 133 cm³/mol. The van der Waals surface area contributed by atoms with E-state index in [9.17, 15) is 19.7 Å². The summed E-state index contributed by atoms with van der Waals surface area (Å²) >= 11 is 0. The van der Waals surface area contributed by atoms with E-state index in [0.29, 0.717) is 23.5 Å². The van der Waals surface area contributed by atoms with E-state index in [1.54, 1.807) is 60.7 Å². The minimum Gasteiger partial charge on any atom is -0.494 e. The Morgan fingerprint density at radius 2 is 1.69 bits per heavy atom. The van der Waals surface area contributed by atoms with E-state index in [0.717, 1.165) is 6.42 Å². The second kappa shape index (κ2) is 12.4. The average Bonchev–Trinajstić information content (AvgIpc) is 2.88. The number of nitrogens with zero attached hydrogens (tertiary/aromatic N) is 2. The van der Waals surface area contributed by atoms with Gasteiger partial charge in [0.15, 0.2) is 0 Å². The lowest BCUT2D eigenvalue weighted by atomic mass is 10.1. The minimum absolute atomic E-state index is 0.0548. The fourth-order valence-corrected chi connectivity index (χ4v) is 2.97. The second-order valence-electron chi connectivity index (χ2n) is 7.31. The topological polar surface area (TPSA) is 123 Å². The van der Waals surface area contributed by atoms with Gasteiger partial charge in [0, 0.05) is 11.6 Å². The third-order valence-corrected chi connectivity index (χ3v) is 4.70. The summed E-state index contributed by atoms with van der Waals surface area (Å²) in [6.45, 7) is 2.60. The van der Waals surface area contributed by atoms with Crippen LogP contribution in [0.2, 0.25) is 0 Å². The molecule has 2 N–H and O–H groups in total. The molecule has 0 fully saturated rings. The molecule has 178 valence electrons. The molecule has 0 heterocycles. The average molecular weight is 473 g/mol. The second-order valence-corrected chi connectivity index (χ2v) is 7.31. The Kier molecular flexibility index (Phi) is 8.84. The van der Waals surface area contributed by atoms with Gasteiger partial charge >= 0.3 is 0 Å². The Labute approximate surface area is 202 Å². The van der Waals surface area contributed by atoms with Crippen molar-refractivity contribution in [3.8, 4) is 5.75 Å². The van der Waals surface area contributed by atoms with Gasteiger partial charge in [0.25, 0.3) is 17.5 Å². The first-order chi connectivity index (χ1) is 17.0. The first-order valence-corrected chi connectivity index (χ1v) is 10.9. The Morgan fingerprint density at radius 3 is 2.37 bits per heavy atom. The number of nitrogens with one attached hydrogen (secondary N) is 2. The van der Waals surface area contributed by atoms with Crippen LogP contribution >= 0.6 is 0 Å². The van der Waals surface area contributed by atoms with Crippen molar-refractivity contribution in [2.75, 3.05) is 6.61 Å². The highest BCUT2D eigenvalue weighted by atomic mass is 16.6. The summed E-state index contributed by atoms with van der Waals surface area (Å²) in [4.78, 5) is 36.2. The van der Waals surface area contributed by atoms with Crippen LogP contribution < -0.4 is 15.5 Å². The van der Waals surface area contributed by atoms with Gasteiger partial charge in [-0.2, -0.15) is 5.10 Å². The smallest absolute Gasteiger partial charge is 0.287 e. The number of nitro groups is 1. The number of rotatable bonds is 10. The molecule has 0 unspecified atom stereocenters. The number of hydrogen-bond donors (Lipinski definition) is 2. The zero-order valence-electron chi connectivity index (χ0n) is 19.0. The SMILES string of the molecule is CCCOc1ccc(/C=C(\NC(=O)c2ccccc2)C(=O)N/N=C/c2ccccc2[N+](=O)[O-])cc1. The van der Waals surface area contributed by atoms with Crippen molar-refractivity contribution >= 4 is 29.8 Å². The summed E-state index contributed by atoms with van der Waals surface area (Å²) < 4.78 is 5.57. The normalized spacial score (nSPS) is 11.2. The zero-order chi connectivity index (χ0) is 25.0. The van der Waals surface area contributed by atoms with Gasteiger partial charge in [-0.15, -0.1) is 0 Å². The van der Waals surface area contributed by atoms with Gasteiger partial charge in [-0.05, 0) is 48.4 Å². The van der Waals surface area contributed by atoms with Crippen molar-refractivity contribution in [1.82, 2.24) is 10.7 Å². The summed E-state index contributed by atoms with van der Waals surface area (Å²) in [5.41, 5.74) is 3.35. The number of carbonyl (C=O) groups is 2. The highest BCUT2D eigenvalue weighted by Crippen LogP contribution is 2.16. The Morgan fingerprint density at radius 1 is 1.00 bits per heavy atom. The molecule has 0 saturated heterocycles. The van der Waals surface area contributed by atoms with Gasteiger partial charge in [-0.25, -0.2) is 5.43 Å². The van der Waals surface area contributed by atoms with Crippen molar-refractivity contribution in [2.45, 2.75) is 13.3 Å². The van der Waals surface area contributed by atoms with E-state index in [1.165, 1.54) is 30.5 Å². The molecule has 2 amide bonds. The van der Waals surface area contributed by atoms with Gasteiger partial charge in [0.1, 0.15) is 11.4 Å². The standard InChI is InChI=1S/C26H24N4O5/c1-2-16-35-22-14-12-19(13-15-22)17-23(28-25(31)20-8-4-3-5-9-20)26(32)29-27-18-21-10-6-7-11-24(21)30(33)34/h3-15,17-18H,2,16H2,1H3,(H,28,31)(H,29,32)/b23-17-,27-18+. The van der Waals surface area contributed by atoms with Crippen LogP contribution in [-0.4, -0.2) is 29.6 Å². The number of ether oxygens (including phenoxy) is 1. The summed E-state index contributed by atoms with van der Waals surface area (Å²) in [5, 5.41) is 17.6. The number of para-hydroxylation sites is 1. The third kappa shape index (κ3) is 7.36. The number of nitro benzene ring substituents is 1. The lowest BCUT2D eigenvalue weighted by Crippen LogP contribution is -2.32. The molecule has 0 aromatic heterocycles. The summed E-state index contributed by atoms with van der Waals surface area (Å²) in [6.07, 6.45) is 3.55. The van der Waals surface area contributed by atoms with Crippen molar-refractivity contribution < 1.29 is 19.2 Å². The van der Waals surface area contributed by atoms with E-state index in [-0.39, 0.29) is 16.9 Å². The van der Waals surface area contributed by atoms with Crippen LogP contribution in [0, 0.1) is 10.1 Å². The maximum absolute atomic E-state index is 12.9. The lowest BCUT2D eigenvalue weighted by Gasteiger charge is -2.10. The molecule has 0 spiro atoms. The van der Waals surface area contributed by atoms with Gasteiger partial charge in [0.2, 0.25) is 0 Å². The highest BCUT2D eigenvalue weighted by molar-refractivity contribution is 6.05. The zero-order valence-corrected chi connectivity index (χ0v) is 19.0. The molecule has 0 aliphatic heterocycles. The molecule has 0 radical (unpaired) electrons. The van der Waals surface area contributed by atoms with Crippen LogP contribution in [0.5, 0.6) is 5.75 Å². The predicted octanol–water partition coefficient (Wildman–Crippen LogP) is 4.30. The fraction of sp³-hybridized carbons (Fsp3) is 0.115. The fourth-order valence-electron chi connectivity index (χ4n) is 2.97. The summed E-state index contributed by atoms with van der Waals surface area (Å²) in [6, 6.07) is 21.5. The van der Waals surface area contributed by atoms with Crippen molar-refractivity contribution in [1.29, 1.82) is 0 Å². The molecule has 0 bridgehead atoms. The molecule has 9 heteroatoms. The molecule has 0 aliphatic rings. The van der Waals surface area contributed by atoms with Gasteiger partial charge in [-0.1, -0.05) is 49.4 Å². The van der Waals surface area contributed by atoms with Crippen LogP contribution in [0.25, 0.3) is 6.08 Å². The highest BCUT2D eigenvalue weighted by Gasteiger charge is 2.15. The summed E-state index contributed by atoms with van der Waals surface area (Å²) in [5.74, 6) is -0.481. The molecule has 0 saturated carbocycles. The Bertz CT molecular complexity index is 1240. The van der Waals surface area contributed by atoms with Crippen molar-refractivity contribution in [3.63, 3.8) is 0 Å². The van der Waals surface area contributed by atoms with E-state index in [1.807, 2.05) is 6.92 Å². The molecule has 0 aliphatic carbocycles. The van der Waals surface area contributed by atoms with Crippen LogP contribution in [0.1, 0.15) is 34.8 Å². The van der Waals surface area contributed by atoms with Crippen LogP contribution in [0.4, 0.5) is 5.69 Å². The van der Waals surface area contributed by atoms with Gasteiger partial charge in [0.05, 0.1) is 23.3 Å². The maximum atomic E-state index is 12.9. The molecule has 3 rings (SSSR count). The number of carbonyl (C=O) groups excluding carboxylic acids is 2. The van der Waals surface area contributed by atoms with Crippen LogP contribution in [-0.2, 0) is 4.79 Å². The van der Waals surface area contributed by atoms with E-state index >= 15 is 0 Å². The minimum atomic E-state index is -0.699. The number of benzene rings is 3. The van der Waals surface area contributed by atoms with E-state index in [2.05, 4.69) is 15.8 Å². The molecule has 9 nitrogen and oxygen atoms in total. The van der Waals surface area contributed by atoms with Crippen LogP contribution in [0.15, 0.2) is 89.7 Å². The molecule has 0 atom stereocenters. The van der Waals surface area contributed by atoms with Crippen molar-refractivity contribution in [2.24, 2.45) is 5.10 Å². The Hall–Kier alpha value is -4.79. The number of amides is 2. The maximum Gasteiger partial charge on any atom is 0.287 e. The third-order valence-electron chi connectivity index (χ3n) is 4.70. The van der Waals surface area contributed by atoms with E-state index < -0.39 is 16.7 Å². The molecule has 3 aromatic carbocycles. The summed E-state index contributed by atoms with van der Waals surface area (Å²) in [7, 11) is 0. The molecular weight excluding hydrogens is 448 g/mol. The molecule has 3 aromatic rings. The first-order valence-electron chi connectivity index (χ1n) is 10.9. The number of hydrazone groups is 1. The molecular formula is C26H24N4O5. The van der Waals surface area contributed by atoms with E-state index in [4.69, 9.17) is 4.74 Å². The number of hydrogen-bond acceptors (Lipinski definition) is 6. The lowest BCUT2D eigenvalue weighted by molar-refractivity contribution is -0.385. The quantitative estimate of drug-likeness (QED) is 0.197. The first kappa shape index (κ1) is 24.8. The van der Waals surface area contributed by atoms with Gasteiger partial charge in [-0.3, -0.25) is 19.7 Å². The monoisotopic (exact) mass is 472 g/mol. The van der Waals surface area contributed by atoms with Crippen molar-refractivity contribution in [3.05, 3.63) is 111 Å². The van der Waals surface area contributed by atoms with Gasteiger partial charge < -0.3 is 10.1 Å². The van der Waals surface area contributed by atoms with Crippen LogP contribution in [0.3, 0.4) is 0 Å². The Balaban J connectivity index is 1.81. The largest absolute Gasteiger partial charge is 0.494 e. The molecule has 35 heavy (non-hydrogen) atoms.